The second-order valence-electron chi connectivity index (χ2n) is 4.60. The fourth-order valence-electron chi connectivity index (χ4n) is 1.78. The molecule has 0 aliphatic carbocycles. The van der Waals surface area contributed by atoms with Gasteiger partial charge in [0.05, 0.1) is 17.1 Å². The second kappa shape index (κ2) is 7.70. The highest BCUT2D eigenvalue weighted by Crippen LogP contribution is 2.21. The zero-order chi connectivity index (χ0) is 16.8. The van der Waals surface area contributed by atoms with E-state index in [4.69, 9.17) is 20.9 Å². The molecule has 0 atom stereocenters. The third-order valence-corrected chi connectivity index (χ3v) is 3.03. The molecular weight excluding hydrogens is 324 g/mol. The van der Waals surface area contributed by atoms with Crippen molar-refractivity contribution in [3.05, 3.63) is 40.5 Å². The Morgan fingerprint density at radius 3 is 2.83 bits per heavy atom. The highest BCUT2D eigenvalue weighted by Gasteiger charge is 2.13. The van der Waals surface area contributed by atoms with Gasteiger partial charge in [0.15, 0.2) is 5.82 Å². The Bertz CT molecular complexity index is 717. The number of rotatable bonds is 6. The van der Waals surface area contributed by atoms with E-state index in [1.54, 1.807) is 6.07 Å². The lowest BCUT2D eigenvalue weighted by atomic mass is 10.2. The minimum absolute atomic E-state index is 0.0688. The minimum Gasteiger partial charge on any atom is -0.377 e. The summed E-state index contributed by atoms with van der Waals surface area (Å²) in [7, 11) is 1.52. The van der Waals surface area contributed by atoms with E-state index in [0.29, 0.717) is 11.5 Å². The van der Waals surface area contributed by atoms with Gasteiger partial charge in [-0.2, -0.15) is 4.98 Å². The Morgan fingerprint density at radius 2 is 2.17 bits per heavy atom. The molecule has 23 heavy (non-hydrogen) atoms. The molecule has 0 fully saturated rings. The normalized spacial score (nSPS) is 10.4. The molecule has 0 bridgehead atoms. The van der Waals surface area contributed by atoms with Gasteiger partial charge in [-0.3, -0.25) is 9.59 Å². The van der Waals surface area contributed by atoms with Crippen molar-refractivity contribution in [3.8, 4) is 0 Å². The molecule has 9 heteroatoms. The van der Waals surface area contributed by atoms with Crippen molar-refractivity contribution < 1.29 is 18.8 Å². The van der Waals surface area contributed by atoms with Gasteiger partial charge >= 0.3 is 0 Å². The van der Waals surface area contributed by atoms with Gasteiger partial charge in [-0.1, -0.05) is 16.8 Å². The monoisotopic (exact) mass is 338 g/mol. The van der Waals surface area contributed by atoms with Crippen LogP contribution in [0.4, 0.5) is 5.69 Å². The number of carbonyl (C=O) groups excluding carboxylic acids is 2. The van der Waals surface area contributed by atoms with E-state index >= 15 is 0 Å². The first-order chi connectivity index (χ1) is 11.0. The van der Waals surface area contributed by atoms with E-state index in [-0.39, 0.29) is 35.5 Å². The summed E-state index contributed by atoms with van der Waals surface area (Å²) in [6.45, 7) is 1.68. The van der Waals surface area contributed by atoms with Crippen molar-refractivity contribution in [2.75, 3.05) is 12.4 Å². The maximum atomic E-state index is 12.1. The summed E-state index contributed by atoms with van der Waals surface area (Å²) in [5.41, 5.74) is 0.789. The van der Waals surface area contributed by atoms with Gasteiger partial charge in [-0.25, -0.2) is 0 Å². The fourth-order valence-corrected chi connectivity index (χ4v) is 2.05. The Balaban J connectivity index is 1.98. The third-order valence-electron chi connectivity index (χ3n) is 2.72. The number of halogens is 1. The molecule has 2 aromatic rings. The molecule has 1 heterocycles. The number of hydrogen-bond acceptors (Lipinski definition) is 6. The summed E-state index contributed by atoms with van der Waals surface area (Å²) in [6, 6.07) is 4.61. The maximum absolute atomic E-state index is 12.1. The van der Waals surface area contributed by atoms with Crippen molar-refractivity contribution in [3.63, 3.8) is 0 Å². The number of methoxy groups -OCH3 is 1. The maximum Gasteiger partial charge on any atom is 0.253 e. The van der Waals surface area contributed by atoms with Crippen LogP contribution >= 0.6 is 11.6 Å². The van der Waals surface area contributed by atoms with E-state index in [1.165, 1.54) is 26.2 Å². The van der Waals surface area contributed by atoms with E-state index in [1.807, 2.05) is 0 Å². The van der Waals surface area contributed by atoms with Crippen LogP contribution in [0.25, 0.3) is 0 Å². The predicted molar refractivity (Wildman–Crippen MR) is 81.9 cm³/mol. The summed E-state index contributed by atoms with van der Waals surface area (Å²) in [5.74, 6) is 0.0446. The number of hydrogen-bond donors (Lipinski definition) is 2. The lowest BCUT2D eigenvalue weighted by Crippen LogP contribution is -2.23. The summed E-state index contributed by atoms with van der Waals surface area (Å²) >= 11 is 6.05. The zero-order valence-corrected chi connectivity index (χ0v) is 13.3. The molecule has 0 radical (unpaired) electrons. The molecule has 0 aliphatic rings. The average molecular weight is 339 g/mol. The number of nitrogens with one attached hydrogen (secondary N) is 2. The number of benzene rings is 1. The van der Waals surface area contributed by atoms with Gasteiger partial charge in [0.2, 0.25) is 11.8 Å². The van der Waals surface area contributed by atoms with Gasteiger partial charge in [0.25, 0.3) is 5.91 Å². The van der Waals surface area contributed by atoms with E-state index in [2.05, 4.69) is 20.8 Å². The van der Waals surface area contributed by atoms with Crippen LogP contribution < -0.4 is 10.6 Å². The van der Waals surface area contributed by atoms with Crippen LogP contribution in [0.3, 0.4) is 0 Å². The fraction of sp³-hybridized carbons (Fsp3) is 0.286. The molecular formula is C14H15ClN4O4. The number of aromatic nitrogens is 2. The van der Waals surface area contributed by atoms with Crippen molar-refractivity contribution in [2.24, 2.45) is 0 Å². The molecule has 1 aromatic heterocycles. The van der Waals surface area contributed by atoms with Crippen LogP contribution in [-0.2, 0) is 22.7 Å². The standard InChI is InChI=1S/C14H15ClN4O4/c1-8(20)17-9-3-4-10(11(15)5-9)14(21)16-6-13-18-12(7-22-2)19-23-13/h3-5H,6-7H2,1-2H3,(H,16,21)(H,17,20). The summed E-state index contributed by atoms with van der Waals surface area (Å²) in [5, 5.41) is 9.11. The Labute approximate surface area is 137 Å². The van der Waals surface area contributed by atoms with Crippen LogP contribution in [0.2, 0.25) is 5.02 Å². The van der Waals surface area contributed by atoms with Crippen LogP contribution in [0.15, 0.2) is 22.7 Å². The minimum atomic E-state index is -0.393. The Kier molecular flexibility index (Phi) is 5.67. The van der Waals surface area contributed by atoms with Crippen LogP contribution in [-0.4, -0.2) is 29.1 Å². The Hall–Kier alpha value is -2.45. The molecule has 2 amide bonds. The third kappa shape index (κ3) is 4.76. The van der Waals surface area contributed by atoms with E-state index in [0.717, 1.165) is 0 Å². The van der Waals surface area contributed by atoms with Crippen molar-refractivity contribution in [1.29, 1.82) is 0 Å². The number of ether oxygens (including phenoxy) is 1. The Morgan fingerprint density at radius 1 is 1.39 bits per heavy atom. The molecule has 0 saturated carbocycles. The van der Waals surface area contributed by atoms with Gasteiger partial charge in [-0.15, -0.1) is 0 Å². The first-order valence-corrected chi connectivity index (χ1v) is 7.03. The summed E-state index contributed by atoms with van der Waals surface area (Å²) in [6.07, 6.45) is 0. The molecule has 0 spiro atoms. The number of anilines is 1. The van der Waals surface area contributed by atoms with Gasteiger partial charge in [0, 0.05) is 19.7 Å². The first-order valence-electron chi connectivity index (χ1n) is 6.65. The van der Waals surface area contributed by atoms with E-state index in [9.17, 15) is 9.59 Å². The molecule has 1 aromatic carbocycles. The second-order valence-corrected chi connectivity index (χ2v) is 5.00. The quantitative estimate of drug-likeness (QED) is 0.831. The van der Waals surface area contributed by atoms with Gasteiger partial charge < -0.3 is 19.9 Å². The van der Waals surface area contributed by atoms with Crippen molar-refractivity contribution in [2.45, 2.75) is 20.1 Å². The van der Waals surface area contributed by atoms with E-state index < -0.39 is 5.91 Å². The number of carbonyl (C=O) groups is 2. The molecule has 0 unspecified atom stereocenters. The molecule has 8 nitrogen and oxygen atoms in total. The van der Waals surface area contributed by atoms with Crippen LogP contribution in [0, 0.1) is 0 Å². The molecule has 2 rings (SSSR count). The summed E-state index contributed by atoms with van der Waals surface area (Å²) < 4.78 is 9.83. The smallest absolute Gasteiger partial charge is 0.253 e. The van der Waals surface area contributed by atoms with Crippen LogP contribution in [0.1, 0.15) is 29.0 Å². The predicted octanol–water partition coefficient (Wildman–Crippen LogP) is 1.76. The molecule has 2 N–H and O–H groups in total. The SMILES string of the molecule is COCc1noc(CNC(=O)c2ccc(NC(C)=O)cc2Cl)n1. The topological polar surface area (TPSA) is 106 Å². The van der Waals surface area contributed by atoms with Gasteiger partial charge in [-0.05, 0) is 18.2 Å². The molecule has 0 saturated heterocycles. The largest absolute Gasteiger partial charge is 0.377 e. The average Bonchev–Trinajstić information content (AvgIpc) is 2.92. The first kappa shape index (κ1) is 16.9. The lowest BCUT2D eigenvalue weighted by molar-refractivity contribution is -0.114. The van der Waals surface area contributed by atoms with Crippen molar-refractivity contribution >= 4 is 29.1 Å². The highest BCUT2D eigenvalue weighted by molar-refractivity contribution is 6.34. The van der Waals surface area contributed by atoms with Gasteiger partial charge in [0.1, 0.15) is 6.61 Å². The molecule has 0 aliphatic heterocycles. The highest BCUT2D eigenvalue weighted by atomic mass is 35.5. The molecule has 122 valence electrons. The summed E-state index contributed by atoms with van der Waals surface area (Å²) in [4.78, 5) is 27.1. The number of amides is 2. The zero-order valence-electron chi connectivity index (χ0n) is 12.6. The lowest BCUT2D eigenvalue weighted by Gasteiger charge is -2.07. The van der Waals surface area contributed by atoms with Crippen LogP contribution in [0.5, 0.6) is 0 Å². The number of nitrogens with zero attached hydrogens (tertiary/aromatic N) is 2. The van der Waals surface area contributed by atoms with Crippen molar-refractivity contribution in [1.82, 2.24) is 15.5 Å².